The minimum Gasteiger partial charge on any atom is -0.460 e. The lowest BCUT2D eigenvalue weighted by Crippen LogP contribution is -2.58. The molecule has 1 unspecified atom stereocenters. The molecule has 1 fully saturated rings. The van der Waals surface area contributed by atoms with Crippen LogP contribution in [0.1, 0.15) is 107 Å². The van der Waals surface area contributed by atoms with Crippen molar-refractivity contribution in [2.45, 2.75) is 137 Å². The summed E-state index contributed by atoms with van der Waals surface area (Å²) in [7, 11) is 0. The van der Waals surface area contributed by atoms with Crippen LogP contribution in [0.25, 0.3) is 0 Å². The van der Waals surface area contributed by atoms with Crippen LogP contribution in [0, 0.1) is 17.8 Å². The van der Waals surface area contributed by atoms with Gasteiger partial charge in [-0.1, -0.05) is 74.1 Å². The van der Waals surface area contributed by atoms with Gasteiger partial charge in [0, 0.05) is 0 Å². The molecule has 0 spiro atoms. The third kappa shape index (κ3) is 14.2. The van der Waals surface area contributed by atoms with Crippen molar-refractivity contribution in [3.8, 4) is 0 Å². The average Bonchev–Trinajstić information content (AvgIpc) is 2.91. The Hall–Kier alpha value is -3.18. The zero-order chi connectivity index (χ0) is 32.7. The van der Waals surface area contributed by atoms with E-state index in [-0.39, 0.29) is 30.7 Å². The van der Waals surface area contributed by atoms with Gasteiger partial charge >= 0.3 is 5.97 Å². The SMILES string of the molecule is CCCCCCCC1CC(=O)NCC(=O)N[C@@H](C(C)C)C(=O)N[C@H](CC(C)C)C(=O)N[C@@H](C)C(=O)N[C@@H](C(C)C)C(=O)O1. The maximum atomic E-state index is 13.3. The van der Waals surface area contributed by atoms with Gasteiger partial charge < -0.3 is 31.3 Å². The summed E-state index contributed by atoms with van der Waals surface area (Å²) in [4.78, 5) is 78.4. The van der Waals surface area contributed by atoms with E-state index in [1.807, 2.05) is 13.8 Å². The molecule has 1 saturated heterocycles. The second-order valence-corrected chi connectivity index (χ2v) is 12.7. The molecule has 1 aliphatic heterocycles. The highest BCUT2D eigenvalue weighted by Gasteiger charge is 2.33. The number of hydrogen-bond donors (Lipinski definition) is 5. The van der Waals surface area contributed by atoms with Gasteiger partial charge in [0.2, 0.25) is 29.5 Å². The predicted octanol–water partition coefficient (Wildman–Crippen LogP) is 2.10. The Labute approximate surface area is 257 Å². The highest BCUT2D eigenvalue weighted by atomic mass is 16.5. The van der Waals surface area contributed by atoms with E-state index in [0.29, 0.717) is 12.8 Å². The van der Waals surface area contributed by atoms with Crippen molar-refractivity contribution in [2.75, 3.05) is 6.54 Å². The average molecular weight is 610 g/mol. The second kappa shape index (κ2) is 19.2. The molecule has 5 N–H and O–H groups in total. The zero-order valence-corrected chi connectivity index (χ0v) is 27.3. The Morgan fingerprint density at radius 1 is 0.721 bits per heavy atom. The van der Waals surface area contributed by atoms with Gasteiger partial charge in [-0.15, -0.1) is 0 Å². The summed E-state index contributed by atoms with van der Waals surface area (Å²) in [5.74, 6) is -4.03. The predicted molar refractivity (Wildman–Crippen MR) is 163 cm³/mol. The van der Waals surface area contributed by atoms with Crippen LogP contribution in [-0.2, 0) is 33.5 Å². The van der Waals surface area contributed by atoms with Crippen LogP contribution in [-0.4, -0.2) is 72.3 Å². The Morgan fingerprint density at radius 3 is 1.93 bits per heavy atom. The number of nitrogens with one attached hydrogen (secondary N) is 5. The highest BCUT2D eigenvalue weighted by molar-refractivity contribution is 5.95. The first-order valence-electron chi connectivity index (χ1n) is 15.8. The summed E-state index contributed by atoms with van der Waals surface area (Å²) in [6.45, 7) is 14.1. The summed E-state index contributed by atoms with van der Waals surface area (Å²) < 4.78 is 5.76. The monoisotopic (exact) mass is 609 g/mol. The van der Waals surface area contributed by atoms with E-state index in [9.17, 15) is 28.8 Å². The van der Waals surface area contributed by atoms with E-state index >= 15 is 0 Å². The number of hydrogen-bond acceptors (Lipinski definition) is 7. The first kappa shape index (κ1) is 37.8. The van der Waals surface area contributed by atoms with Crippen LogP contribution in [0.4, 0.5) is 0 Å². The lowest BCUT2D eigenvalue weighted by molar-refractivity contribution is -0.156. The molecule has 1 rings (SSSR count). The molecule has 5 amide bonds. The van der Waals surface area contributed by atoms with Crippen LogP contribution < -0.4 is 26.6 Å². The van der Waals surface area contributed by atoms with Gasteiger partial charge in [-0.3, -0.25) is 24.0 Å². The molecule has 0 radical (unpaired) electrons. The van der Waals surface area contributed by atoms with E-state index in [4.69, 9.17) is 4.74 Å². The maximum Gasteiger partial charge on any atom is 0.329 e. The fraction of sp³-hybridized carbons (Fsp3) is 0.806. The number of cyclic esters (lactones) is 1. The quantitative estimate of drug-likeness (QED) is 0.186. The molecule has 12 heteroatoms. The van der Waals surface area contributed by atoms with Gasteiger partial charge in [0.15, 0.2) is 0 Å². The standard InChI is InChI=1S/C31H55N5O7/c1-9-10-11-12-13-14-22-16-24(37)32-17-25(38)35-26(19(4)5)30(41)34-23(15-18(2)3)29(40)33-21(8)28(39)36-27(20(6)7)31(42)43-22/h18-23,26-27H,9-17H2,1-8H3,(H,32,37)(H,33,40)(H,34,41)(H,35,38)(H,36,39)/t21-,22?,23+,26-,27-/m0/s1. The van der Waals surface area contributed by atoms with Crippen molar-refractivity contribution < 1.29 is 33.5 Å². The fourth-order valence-electron chi connectivity index (χ4n) is 4.75. The molecule has 5 atom stereocenters. The number of carbonyl (C=O) groups is 6. The third-order valence-corrected chi connectivity index (χ3v) is 7.35. The van der Waals surface area contributed by atoms with Gasteiger partial charge in [-0.05, 0) is 43.9 Å². The Bertz CT molecular complexity index is 953. The van der Waals surface area contributed by atoms with Crippen molar-refractivity contribution in [3.63, 3.8) is 0 Å². The van der Waals surface area contributed by atoms with Crippen molar-refractivity contribution >= 4 is 35.5 Å². The molecule has 43 heavy (non-hydrogen) atoms. The van der Waals surface area contributed by atoms with Gasteiger partial charge in [-0.25, -0.2) is 4.79 Å². The lowest BCUT2D eigenvalue weighted by Gasteiger charge is -2.27. The number of esters is 1. The number of ether oxygens (including phenoxy) is 1. The molecule has 1 aliphatic rings. The Balaban J connectivity index is 3.31. The van der Waals surface area contributed by atoms with Crippen molar-refractivity contribution in [3.05, 3.63) is 0 Å². The molecule has 0 saturated carbocycles. The molecular formula is C31H55N5O7. The summed E-state index contributed by atoms with van der Waals surface area (Å²) in [5.41, 5.74) is 0. The normalized spacial score (nSPS) is 25.6. The summed E-state index contributed by atoms with van der Waals surface area (Å²) in [6.07, 6.45) is 4.71. The van der Waals surface area contributed by atoms with Crippen LogP contribution >= 0.6 is 0 Å². The van der Waals surface area contributed by atoms with Gasteiger partial charge in [0.25, 0.3) is 0 Å². The maximum absolute atomic E-state index is 13.3. The third-order valence-electron chi connectivity index (χ3n) is 7.35. The molecule has 0 aromatic rings. The smallest absolute Gasteiger partial charge is 0.329 e. The van der Waals surface area contributed by atoms with E-state index in [1.165, 1.54) is 6.92 Å². The summed E-state index contributed by atoms with van der Waals surface area (Å²) in [5, 5.41) is 13.3. The zero-order valence-electron chi connectivity index (χ0n) is 27.3. The van der Waals surface area contributed by atoms with Crippen molar-refractivity contribution in [1.29, 1.82) is 0 Å². The first-order valence-corrected chi connectivity index (χ1v) is 15.8. The van der Waals surface area contributed by atoms with Gasteiger partial charge in [-0.2, -0.15) is 0 Å². The van der Waals surface area contributed by atoms with Crippen LogP contribution in [0.15, 0.2) is 0 Å². The Kier molecular flexibility index (Phi) is 16.9. The van der Waals surface area contributed by atoms with Crippen LogP contribution in [0.3, 0.4) is 0 Å². The molecule has 0 bridgehead atoms. The van der Waals surface area contributed by atoms with E-state index < -0.39 is 65.8 Å². The lowest BCUT2D eigenvalue weighted by atomic mass is 9.99. The van der Waals surface area contributed by atoms with Crippen molar-refractivity contribution in [1.82, 2.24) is 26.6 Å². The molecule has 0 aliphatic carbocycles. The Morgan fingerprint density at radius 2 is 1.35 bits per heavy atom. The minimum atomic E-state index is -1.02. The van der Waals surface area contributed by atoms with Crippen LogP contribution in [0.2, 0.25) is 0 Å². The van der Waals surface area contributed by atoms with E-state index in [1.54, 1.807) is 27.7 Å². The molecular weight excluding hydrogens is 554 g/mol. The molecule has 12 nitrogen and oxygen atoms in total. The van der Waals surface area contributed by atoms with Crippen molar-refractivity contribution in [2.24, 2.45) is 17.8 Å². The van der Waals surface area contributed by atoms with E-state index in [0.717, 1.165) is 32.1 Å². The first-order chi connectivity index (χ1) is 20.2. The largest absolute Gasteiger partial charge is 0.460 e. The minimum absolute atomic E-state index is 0.0313. The highest BCUT2D eigenvalue weighted by Crippen LogP contribution is 2.16. The molecule has 0 aromatic heterocycles. The number of unbranched alkanes of at least 4 members (excludes halogenated alkanes) is 4. The second-order valence-electron chi connectivity index (χ2n) is 12.7. The van der Waals surface area contributed by atoms with Gasteiger partial charge in [0.1, 0.15) is 30.3 Å². The van der Waals surface area contributed by atoms with Gasteiger partial charge in [0.05, 0.1) is 13.0 Å². The molecule has 246 valence electrons. The fourth-order valence-corrected chi connectivity index (χ4v) is 4.75. The number of amides is 5. The topological polar surface area (TPSA) is 172 Å². The number of rotatable bonds is 10. The number of carbonyl (C=O) groups excluding carboxylic acids is 6. The van der Waals surface area contributed by atoms with Crippen LogP contribution in [0.5, 0.6) is 0 Å². The molecule has 0 aromatic carbocycles. The van der Waals surface area contributed by atoms with E-state index in [2.05, 4.69) is 33.5 Å². The summed E-state index contributed by atoms with van der Waals surface area (Å²) >= 11 is 0. The summed E-state index contributed by atoms with van der Waals surface area (Å²) in [6, 6.07) is -3.95. The molecule has 1 heterocycles.